The summed E-state index contributed by atoms with van der Waals surface area (Å²) in [5.41, 5.74) is 7.70. The van der Waals surface area contributed by atoms with E-state index in [0.717, 1.165) is 5.56 Å². The normalized spacial score (nSPS) is 12.5. The van der Waals surface area contributed by atoms with Crippen LogP contribution >= 0.6 is 0 Å². The quantitative estimate of drug-likeness (QED) is 0.871. The molecule has 0 heterocycles. The summed E-state index contributed by atoms with van der Waals surface area (Å²) < 4.78 is 19.5. The summed E-state index contributed by atoms with van der Waals surface area (Å²) in [6.07, 6.45) is 0. The second kappa shape index (κ2) is 6.06. The van der Waals surface area contributed by atoms with E-state index in [-0.39, 0.29) is 11.8 Å². The van der Waals surface area contributed by atoms with Crippen LogP contribution in [0.25, 0.3) is 0 Å². The molecule has 2 nitrogen and oxygen atoms in total. The van der Waals surface area contributed by atoms with Crippen molar-refractivity contribution in [1.29, 1.82) is 0 Å². The Hall–Kier alpha value is -1.87. The molecule has 0 fully saturated rings. The van der Waals surface area contributed by atoms with Gasteiger partial charge < -0.3 is 10.5 Å². The Kier molecular flexibility index (Phi) is 4.40. The van der Waals surface area contributed by atoms with E-state index in [0.29, 0.717) is 11.7 Å². The van der Waals surface area contributed by atoms with Crippen LogP contribution in [0, 0.1) is 5.82 Å². The lowest BCUT2D eigenvalue weighted by Crippen LogP contribution is -2.05. The monoisotopic (exact) mass is 273 g/mol. The summed E-state index contributed by atoms with van der Waals surface area (Å²) in [6, 6.07) is 12.3. The molecule has 0 aromatic heterocycles. The van der Waals surface area contributed by atoms with Crippen molar-refractivity contribution in [2.75, 3.05) is 0 Å². The van der Waals surface area contributed by atoms with Crippen molar-refractivity contribution in [3.05, 3.63) is 59.4 Å². The van der Waals surface area contributed by atoms with Crippen molar-refractivity contribution in [3.63, 3.8) is 0 Å². The zero-order chi connectivity index (χ0) is 14.7. The van der Waals surface area contributed by atoms with Gasteiger partial charge >= 0.3 is 0 Å². The maximum absolute atomic E-state index is 13.9. The second-order valence-electron chi connectivity index (χ2n) is 5.30. The fourth-order valence-corrected chi connectivity index (χ4v) is 1.93. The van der Waals surface area contributed by atoms with Crippen LogP contribution in [0.1, 0.15) is 43.9 Å². The van der Waals surface area contributed by atoms with E-state index < -0.39 is 5.82 Å². The summed E-state index contributed by atoms with van der Waals surface area (Å²) in [7, 11) is 0. The molecule has 0 unspecified atom stereocenters. The summed E-state index contributed by atoms with van der Waals surface area (Å²) >= 11 is 0. The van der Waals surface area contributed by atoms with Gasteiger partial charge in [-0.05, 0) is 48.2 Å². The molecule has 106 valence electrons. The molecular weight excluding hydrogens is 253 g/mol. The first kappa shape index (κ1) is 14.5. The molecule has 0 spiro atoms. The number of hydrogen-bond acceptors (Lipinski definition) is 2. The number of ether oxygens (including phenoxy) is 1. The number of benzene rings is 2. The van der Waals surface area contributed by atoms with E-state index in [2.05, 4.69) is 13.8 Å². The van der Waals surface area contributed by atoms with E-state index in [1.807, 2.05) is 31.2 Å². The number of nitrogens with two attached hydrogens (primary N) is 1. The van der Waals surface area contributed by atoms with Crippen LogP contribution in [0.5, 0.6) is 11.5 Å². The zero-order valence-electron chi connectivity index (χ0n) is 12.1. The summed E-state index contributed by atoms with van der Waals surface area (Å²) in [4.78, 5) is 0. The Morgan fingerprint density at radius 1 is 0.950 bits per heavy atom. The molecule has 0 saturated carbocycles. The first-order chi connectivity index (χ1) is 9.47. The fraction of sp³-hybridized carbons (Fsp3) is 0.294. The third kappa shape index (κ3) is 3.36. The Bertz CT molecular complexity index is 576. The largest absolute Gasteiger partial charge is 0.454 e. The van der Waals surface area contributed by atoms with Crippen LogP contribution in [0.4, 0.5) is 4.39 Å². The van der Waals surface area contributed by atoms with E-state index in [9.17, 15) is 4.39 Å². The molecule has 2 N–H and O–H groups in total. The Labute approximate surface area is 119 Å². The molecule has 2 aromatic carbocycles. The third-order valence-electron chi connectivity index (χ3n) is 3.26. The second-order valence-corrected chi connectivity index (χ2v) is 5.30. The standard InChI is InChI=1S/C17H20FNO/c1-11(2)13-4-7-15(8-5-13)20-17-9-6-14(12(3)19)10-16(17)18/h4-12H,19H2,1-3H3/t12-/m1/s1. The molecule has 2 aromatic rings. The van der Waals surface area contributed by atoms with Gasteiger partial charge in [0.15, 0.2) is 11.6 Å². The number of rotatable bonds is 4. The van der Waals surface area contributed by atoms with Gasteiger partial charge in [-0.15, -0.1) is 0 Å². The van der Waals surface area contributed by atoms with Crippen molar-refractivity contribution in [1.82, 2.24) is 0 Å². The highest BCUT2D eigenvalue weighted by Crippen LogP contribution is 2.27. The van der Waals surface area contributed by atoms with Crippen molar-refractivity contribution in [2.45, 2.75) is 32.7 Å². The van der Waals surface area contributed by atoms with E-state index in [1.165, 1.54) is 11.6 Å². The smallest absolute Gasteiger partial charge is 0.166 e. The van der Waals surface area contributed by atoms with Gasteiger partial charge in [0.2, 0.25) is 0 Å². The van der Waals surface area contributed by atoms with Crippen LogP contribution in [0.15, 0.2) is 42.5 Å². The predicted octanol–water partition coefficient (Wildman–Crippen LogP) is 4.76. The van der Waals surface area contributed by atoms with Crippen LogP contribution in [-0.4, -0.2) is 0 Å². The lowest BCUT2D eigenvalue weighted by molar-refractivity contribution is 0.441. The van der Waals surface area contributed by atoms with Gasteiger partial charge in [-0.25, -0.2) is 4.39 Å². The Morgan fingerprint density at radius 3 is 2.05 bits per heavy atom. The average Bonchev–Trinajstić information content (AvgIpc) is 2.41. The number of hydrogen-bond donors (Lipinski definition) is 1. The average molecular weight is 273 g/mol. The zero-order valence-corrected chi connectivity index (χ0v) is 12.1. The van der Waals surface area contributed by atoms with Crippen LogP contribution < -0.4 is 10.5 Å². The van der Waals surface area contributed by atoms with E-state index in [4.69, 9.17) is 10.5 Å². The topological polar surface area (TPSA) is 35.2 Å². The molecule has 0 bridgehead atoms. The van der Waals surface area contributed by atoms with Crippen molar-refractivity contribution in [3.8, 4) is 11.5 Å². The van der Waals surface area contributed by atoms with E-state index in [1.54, 1.807) is 12.1 Å². The number of halogens is 1. The van der Waals surface area contributed by atoms with Crippen molar-refractivity contribution >= 4 is 0 Å². The van der Waals surface area contributed by atoms with Gasteiger partial charge in [-0.2, -0.15) is 0 Å². The maximum Gasteiger partial charge on any atom is 0.166 e. The van der Waals surface area contributed by atoms with Gasteiger partial charge in [0.25, 0.3) is 0 Å². The minimum atomic E-state index is -0.396. The minimum Gasteiger partial charge on any atom is -0.454 e. The summed E-state index contributed by atoms with van der Waals surface area (Å²) in [5.74, 6) is 0.910. The third-order valence-corrected chi connectivity index (χ3v) is 3.26. The molecule has 1 atom stereocenters. The Balaban J connectivity index is 2.17. The lowest BCUT2D eigenvalue weighted by Gasteiger charge is -2.11. The molecular formula is C17H20FNO. The summed E-state index contributed by atoms with van der Waals surface area (Å²) in [6.45, 7) is 6.07. The first-order valence-electron chi connectivity index (χ1n) is 6.80. The van der Waals surface area contributed by atoms with Crippen LogP contribution in [0.3, 0.4) is 0 Å². The van der Waals surface area contributed by atoms with Crippen LogP contribution in [0.2, 0.25) is 0 Å². The predicted molar refractivity (Wildman–Crippen MR) is 79.6 cm³/mol. The van der Waals surface area contributed by atoms with Gasteiger partial charge in [0.1, 0.15) is 5.75 Å². The van der Waals surface area contributed by atoms with Gasteiger partial charge in [-0.1, -0.05) is 32.0 Å². The molecule has 0 aliphatic rings. The molecule has 0 aliphatic carbocycles. The molecule has 2 rings (SSSR count). The highest BCUT2D eigenvalue weighted by Gasteiger charge is 2.08. The molecule has 0 aliphatic heterocycles. The van der Waals surface area contributed by atoms with Crippen molar-refractivity contribution in [2.24, 2.45) is 5.73 Å². The maximum atomic E-state index is 13.9. The van der Waals surface area contributed by atoms with Gasteiger partial charge in [0, 0.05) is 6.04 Å². The molecule has 0 saturated heterocycles. The van der Waals surface area contributed by atoms with Gasteiger partial charge in [0.05, 0.1) is 0 Å². The highest BCUT2D eigenvalue weighted by molar-refractivity contribution is 5.36. The van der Waals surface area contributed by atoms with Crippen LogP contribution in [-0.2, 0) is 0 Å². The summed E-state index contributed by atoms with van der Waals surface area (Å²) in [5, 5.41) is 0. The first-order valence-corrected chi connectivity index (χ1v) is 6.80. The van der Waals surface area contributed by atoms with Crippen molar-refractivity contribution < 1.29 is 9.13 Å². The molecule has 0 radical (unpaired) electrons. The lowest BCUT2D eigenvalue weighted by atomic mass is 10.0. The SMILES string of the molecule is CC(C)c1ccc(Oc2ccc([C@@H](C)N)cc2F)cc1. The minimum absolute atomic E-state index is 0.191. The molecule has 3 heteroatoms. The Morgan fingerprint density at radius 2 is 1.55 bits per heavy atom. The van der Waals surface area contributed by atoms with E-state index >= 15 is 0 Å². The molecule has 20 heavy (non-hydrogen) atoms. The fourth-order valence-electron chi connectivity index (χ4n) is 1.93. The highest BCUT2D eigenvalue weighted by atomic mass is 19.1. The molecule has 0 amide bonds. The van der Waals surface area contributed by atoms with Gasteiger partial charge in [-0.3, -0.25) is 0 Å².